The number of hydrogen-bond donors (Lipinski definition) is 3. The molecule has 0 saturated carbocycles. The number of nitrogens with one attached hydrogen (secondary N) is 1. The van der Waals surface area contributed by atoms with E-state index < -0.39 is 17.7 Å². The molecule has 1 unspecified atom stereocenters. The van der Waals surface area contributed by atoms with Crippen molar-refractivity contribution in [3.05, 3.63) is 45.0 Å². The Morgan fingerprint density at radius 3 is 2.70 bits per heavy atom. The molecule has 37 heavy (non-hydrogen) atoms. The molecule has 2 aromatic heterocycles. The number of likely N-dealkylation sites (tertiary alicyclic amines) is 1. The second-order valence-corrected chi connectivity index (χ2v) is 10.2. The number of nitrogen functional groups attached to an aromatic ring is 2. The lowest BCUT2D eigenvalue weighted by Crippen LogP contribution is -2.37. The van der Waals surface area contributed by atoms with E-state index in [-0.39, 0.29) is 51.7 Å². The molecule has 1 aromatic carbocycles. The SMILES string of the molecule is C[C@H](Nc1nc(N)nc(N)c1C#N)c1nc2cccc(Cl)c2c(=O)n1C1CCN(C(=O)OC(C)(C)C)C1. The number of fused-ring (bicyclic) bond motifs is 1. The van der Waals surface area contributed by atoms with Crippen molar-refractivity contribution in [1.29, 1.82) is 5.26 Å². The summed E-state index contributed by atoms with van der Waals surface area (Å²) < 4.78 is 7.06. The first-order valence-electron chi connectivity index (χ1n) is 11.7. The van der Waals surface area contributed by atoms with Crippen LogP contribution < -0.4 is 22.3 Å². The summed E-state index contributed by atoms with van der Waals surface area (Å²) in [6.45, 7) is 7.82. The van der Waals surface area contributed by atoms with E-state index in [4.69, 9.17) is 32.8 Å². The van der Waals surface area contributed by atoms with Gasteiger partial charge in [-0.1, -0.05) is 17.7 Å². The molecule has 4 rings (SSSR count). The van der Waals surface area contributed by atoms with Gasteiger partial charge in [0.2, 0.25) is 5.95 Å². The predicted octanol–water partition coefficient (Wildman–Crippen LogP) is 3.23. The van der Waals surface area contributed by atoms with Gasteiger partial charge in [-0.2, -0.15) is 15.2 Å². The highest BCUT2D eigenvalue weighted by Gasteiger charge is 2.34. The molecule has 5 N–H and O–H groups in total. The highest BCUT2D eigenvalue weighted by atomic mass is 35.5. The van der Waals surface area contributed by atoms with Crippen LogP contribution in [0.25, 0.3) is 10.9 Å². The molecule has 3 heterocycles. The average molecular weight is 526 g/mol. The van der Waals surface area contributed by atoms with Gasteiger partial charge in [-0.05, 0) is 46.2 Å². The van der Waals surface area contributed by atoms with Gasteiger partial charge in [0.1, 0.15) is 28.9 Å². The summed E-state index contributed by atoms with van der Waals surface area (Å²) in [6.07, 6.45) is 0.0565. The van der Waals surface area contributed by atoms with Crippen molar-refractivity contribution in [3.63, 3.8) is 0 Å². The van der Waals surface area contributed by atoms with Crippen LogP contribution in [0, 0.1) is 11.3 Å². The monoisotopic (exact) mass is 525 g/mol. The van der Waals surface area contributed by atoms with Crippen molar-refractivity contribution >= 4 is 46.2 Å². The van der Waals surface area contributed by atoms with E-state index in [9.17, 15) is 14.9 Å². The lowest BCUT2D eigenvalue weighted by molar-refractivity contribution is 0.0288. The van der Waals surface area contributed by atoms with Gasteiger partial charge in [-0.25, -0.2) is 9.78 Å². The molecule has 1 aliphatic rings. The number of aromatic nitrogens is 4. The maximum Gasteiger partial charge on any atom is 0.410 e. The van der Waals surface area contributed by atoms with Crippen LogP contribution in [0.4, 0.5) is 22.4 Å². The van der Waals surface area contributed by atoms with E-state index in [1.807, 2.05) is 6.07 Å². The van der Waals surface area contributed by atoms with Gasteiger partial charge in [0.25, 0.3) is 5.56 Å². The molecule has 0 spiro atoms. The summed E-state index contributed by atoms with van der Waals surface area (Å²) in [6, 6.07) is 6.01. The highest BCUT2D eigenvalue weighted by Crippen LogP contribution is 2.30. The molecule has 1 aliphatic heterocycles. The first kappa shape index (κ1) is 26.0. The molecule has 0 radical (unpaired) electrons. The smallest absolute Gasteiger partial charge is 0.410 e. The number of halogens is 1. The van der Waals surface area contributed by atoms with Crippen LogP contribution in [0.1, 0.15) is 57.6 Å². The molecule has 12 nitrogen and oxygen atoms in total. The summed E-state index contributed by atoms with van der Waals surface area (Å²) in [7, 11) is 0. The fraction of sp³-hybridized carbons (Fsp3) is 0.417. The molecule has 1 saturated heterocycles. The van der Waals surface area contributed by atoms with E-state index in [1.54, 1.807) is 55.4 Å². The Labute approximate surface area is 218 Å². The van der Waals surface area contributed by atoms with Crippen molar-refractivity contribution in [3.8, 4) is 6.07 Å². The number of ether oxygens (including phenoxy) is 1. The number of benzene rings is 1. The zero-order valence-electron chi connectivity index (χ0n) is 20.9. The summed E-state index contributed by atoms with van der Waals surface area (Å²) in [5, 5.41) is 13.2. The van der Waals surface area contributed by atoms with E-state index in [0.717, 1.165) is 0 Å². The summed E-state index contributed by atoms with van der Waals surface area (Å²) in [5.74, 6) is 0.319. The van der Waals surface area contributed by atoms with E-state index in [0.29, 0.717) is 24.3 Å². The van der Waals surface area contributed by atoms with Gasteiger partial charge >= 0.3 is 6.09 Å². The third kappa shape index (κ3) is 5.22. The Kier molecular flexibility index (Phi) is 6.84. The van der Waals surface area contributed by atoms with Crippen LogP contribution in [-0.4, -0.2) is 49.2 Å². The zero-order valence-corrected chi connectivity index (χ0v) is 21.7. The number of anilines is 3. The number of nitrogens with two attached hydrogens (primary N) is 2. The van der Waals surface area contributed by atoms with Gasteiger partial charge in [-0.15, -0.1) is 0 Å². The minimum Gasteiger partial charge on any atom is -0.444 e. The Morgan fingerprint density at radius 1 is 1.30 bits per heavy atom. The topological polar surface area (TPSA) is 178 Å². The van der Waals surface area contributed by atoms with Crippen molar-refractivity contribution < 1.29 is 9.53 Å². The maximum absolute atomic E-state index is 13.8. The van der Waals surface area contributed by atoms with Crippen molar-refractivity contribution in [2.75, 3.05) is 29.9 Å². The third-order valence-electron chi connectivity index (χ3n) is 5.89. The van der Waals surface area contributed by atoms with Gasteiger partial charge in [-0.3, -0.25) is 9.36 Å². The quantitative estimate of drug-likeness (QED) is 0.457. The van der Waals surface area contributed by atoms with Gasteiger partial charge in [0.05, 0.1) is 28.0 Å². The zero-order chi connectivity index (χ0) is 27.1. The van der Waals surface area contributed by atoms with Crippen molar-refractivity contribution in [2.45, 2.75) is 51.8 Å². The van der Waals surface area contributed by atoms with Crippen LogP contribution in [0.2, 0.25) is 5.02 Å². The first-order chi connectivity index (χ1) is 17.4. The molecule has 1 amide bonds. The van der Waals surface area contributed by atoms with Gasteiger partial charge < -0.3 is 26.4 Å². The molecule has 13 heteroatoms. The number of rotatable bonds is 4. The highest BCUT2D eigenvalue weighted by molar-refractivity contribution is 6.35. The second kappa shape index (κ2) is 9.74. The Bertz CT molecular complexity index is 1480. The number of hydrogen-bond acceptors (Lipinski definition) is 10. The minimum atomic E-state index is -0.646. The van der Waals surface area contributed by atoms with E-state index in [2.05, 4.69) is 15.3 Å². The molecule has 3 aromatic rings. The number of nitriles is 1. The Morgan fingerprint density at radius 2 is 2.03 bits per heavy atom. The van der Waals surface area contributed by atoms with Gasteiger partial charge in [0.15, 0.2) is 5.82 Å². The fourth-order valence-corrected chi connectivity index (χ4v) is 4.55. The standard InChI is InChI=1S/C24H28ClN9O3/c1-12(29-19-14(10-26)18(27)31-22(28)32-19)20-30-16-7-5-6-15(25)17(16)21(35)34(20)13-8-9-33(11-13)23(36)37-24(2,3)4/h5-7,12-13H,8-9,11H2,1-4H3,(H5,27,28,29,31,32)/t12-,13?/m0/s1. The maximum atomic E-state index is 13.8. The van der Waals surface area contributed by atoms with Crippen LogP contribution >= 0.6 is 11.6 Å². The van der Waals surface area contributed by atoms with E-state index >= 15 is 0 Å². The molecule has 0 aliphatic carbocycles. The second-order valence-electron chi connectivity index (χ2n) is 9.82. The summed E-state index contributed by atoms with van der Waals surface area (Å²) in [5.41, 5.74) is 11.1. The number of carbonyl (C=O) groups excluding carboxylic acids is 1. The molecule has 1 fully saturated rings. The number of amides is 1. The van der Waals surface area contributed by atoms with Crippen LogP contribution in [0.5, 0.6) is 0 Å². The number of nitrogens with zero attached hydrogens (tertiary/aromatic N) is 6. The molecular formula is C24H28ClN9O3. The summed E-state index contributed by atoms with van der Waals surface area (Å²) >= 11 is 6.39. The van der Waals surface area contributed by atoms with E-state index in [1.165, 1.54) is 0 Å². The Hall–Kier alpha value is -4.11. The van der Waals surface area contributed by atoms with Crippen LogP contribution in [-0.2, 0) is 4.74 Å². The molecular weight excluding hydrogens is 498 g/mol. The minimum absolute atomic E-state index is 0.0238. The summed E-state index contributed by atoms with van der Waals surface area (Å²) in [4.78, 5) is 40.8. The third-order valence-corrected chi connectivity index (χ3v) is 6.21. The first-order valence-corrected chi connectivity index (χ1v) is 12.1. The largest absolute Gasteiger partial charge is 0.444 e. The van der Waals surface area contributed by atoms with Crippen LogP contribution in [0.3, 0.4) is 0 Å². The fourth-order valence-electron chi connectivity index (χ4n) is 4.30. The Balaban J connectivity index is 1.78. The molecule has 194 valence electrons. The van der Waals surface area contributed by atoms with Crippen molar-refractivity contribution in [2.24, 2.45) is 0 Å². The molecule has 2 atom stereocenters. The van der Waals surface area contributed by atoms with Crippen molar-refractivity contribution in [1.82, 2.24) is 24.4 Å². The average Bonchev–Trinajstić information content (AvgIpc) is 3.27. The normalized spacial score (nSPS) is 16.4. The van der Waals surface area contributed by atoms with Crippen LogP contribution in [0.15, 0.2) is 23.0 Å². The number of carbonyl (C=O) groups is 1. The lowest BCUT2D eigenvalue weighted by atomic mass is 10.1. The molecule has 0 bridgehead atoms. The predicted molar refractivity (Wildman–Crippen MR) is 140 cm³/mol. The van der Waals surface area contributed by atoms with Gasteiger partial charge in [0, 0.05) is 13.1 Å². The lowest BCUT2D eigenvalue weighted by Gasteiger charge is -2.26.